The number of aromatic nitrogens is 1. The van der Waals surface area contributed by atoms with Crippen LogP contribution in [-0.2, 0) is 0 Å². The fourth-order valence-electron chi connectivity index (χ4n) is 2.34. The van der Waals surface area contributed by atoms with Gasteiger partial charge in [-0.3, -0.25) is 0 Å². The van der Waals surface area contributed by atoms with E-state index in [1.165, 1.54) is 17.8 Å². The van der Waals surface area contributed by atoms with E-state index in [1.807, 2.05) is 11.6 Å². The van der Waals surface area contributed by atoms with Crippen LogP contribution in [0, 0.1) is 5.92 Å². The summed E-state index contributed by atoms with van der Waals surface area (Å²) >= 11 is 1.71. The number of aliphatic hydroxyl groups is 1. The summed E-state index contributed by atoms with van der Waals surface area (Å²) in [5, 5.41) is 15.8. The predicted molar refractivity (Wildman–Crippen MR) is 62.2 cm³/mol. The molecule has 0 amide bonds. The molecule has 0 saturated carbocycles. The van der Waals surface area contributed by atoms with Crippen molar-refractivity contribution in [2.75, 3.05) is 19.7 Å². The van der Waals surface area contributed by atoms with Crippen LogP contribution in [0.5, 0.6) is 0 Å². The summed E-state index contributed by atoms with van der Waals surface area (Å²) in [5.74, 6) is 1.10. The van der Waals surface area contributed by atoms with Gasteiger partial charge in [0.2, 0.25) is 0 Å². The number of thiazole rings is 1. The van der Waals surface area contributed by atoms with Gasteiger partial charge in [-0.1, -0.05) is 0 Å². The predicted octanol–water partition coefficient (Wildman–Crippen LogP) is 1.61. The summed E-state index contributed by atoms with van der Waals surface area (Å²) in [5.41, 5.74) is 0. The fraction of sp³-hybridized carbons (Fsp3) is 0.727. The zero-order valence-electron chi connectivity index (χ0n) is 8.85. The summed E-state index contributed by atoms with van der Waals surface area (Å²) in [7, 11) is 0. The highest BCUT2D eigenvalue weighted by atomic mass is 32.1. The average Bonchev–Trinajstić information content (AvgIpc) is 2.80. The van der Waals surface area contributed by atoms with Gasteiger partial charge in [-0.15, -0.1) is 11.3 Å². The van der Waals surface area contributed by atoms with Crippen LogP contribution in [0.15, 0.2) is 11.6 Å². The van der Waals surface area contributed by atoms with E-state index in [1.54, 1.807) is 11.3 Å². The van der Waals surface area contributed by atoms with Crippen LogP contribution in [0.2, 0.25) is 0 Å². The number of rotatable bonds is 4. The maximum Gasteiger partial charge on any atom is 0.0959 e. The van der Waals surface area contributed by atoms with Gasteiger partial charge in [0.1, 0.15) is 0 Å². The lowest BCUT2D eigenvalue weighted by atomic mass is 9.84. The molecule has 15 heavy (non-hydrogen) atoms. The summed E-state index contributed by atoms with van der Waals surface area (Å²) in [6.07, 6.45) is 5.22. The minimum absolute atomic E-state index is 0.265. The maximum atomic E-state index is 9.12. The lowest BCUT2D eigenvalue weighted by Gasteiger charge is -2.29. The molecule has 2 N–H and O–H groups in total. The van der Waals surface area contributed by atoms with Gasteiger partial charge in [-0.05, 0) is 38.3 Å². The van der Waals surface area contributed by atoms with Gasteiger partial charge in [-0.2, -0.15) is 0 Å². The van der Waals surface area contributed by atoms with Crippen molar-refractivity contribution in [3.8, 4) is 0 Å². The largest absolute Gasteiger partial charge is 0.396 e. The molecule has 2 heterocycles. The molecular weight excluding hydrogens is 208 g/mol. The van der Waals surface area contributed by atoms with Gasteiger partial charge in [0.25, 0.3) is 0 Å². The standard InChI is InChI=1S/C11H18N2OS/c14-6-3-10(11-13-5-7-15-11)9-2-1-4-12-8-9/h5,7,9-10,12,14H,1-4,6,8H2. The van der Waals surface area contributed by atoms with Crippen LogP contribution < -0.4 is 5.32 Å². The quantitative estimate of drug-likeness (QED) is 0.820. The Morgan fingerprint density at radius 3 is 3.20 bits per heavy atom. The van der Waals surface area contributed by atoms with Crippen LogP contribution >= 0.6 is 11.3 Å². The number of hydrogen-bond acceptors (Lipinski definition) is 4. The first-order chi connectivity index (χ1) is 7.42. The summed E-state index contributed by atoms with van der Waals surface area (Å²) in [6.45, 7) is 2.48. The van der Waals surface area contributed by atoms with Crippen LogP contribution in [0.1, 0.15) is 30.2 Å². The van der Waals surface area contributed by atoms with Crippen LogP contribution in [0.3, 0.4) is 0 Å². The topological polar surface area (TPSA) is 45.2 Å². The smallest absolute Gasteiger partial charge is 0.0959 e. The third-order valence-corrected chi connectivity index (χ3v) is 4.02. The third kappa shape index (κ3) is 2.77. The Balaban J connectivity index is 2.04. The van der Waals surface area contributed by atoms with Crippen molar-refractivity contribution in [1.29, 1.82) is 0 Å². The van der Waals surface area contributed by atoms with Crippen molar-refractivity contribution in [1.82, 2.24) is 10.3 Å². The van der Waals surface area contributed by atoms with Gasteiger partial charge < -0.3 is 10.4 Å². The first-order valence-electron chi connectivity index (χ1n) is 5.63. The molecule has 2 rings (SSSR count). The number of piperidine rings is 1. The van der Waals surface area contributed by atoms with E-state index >= 15 is 0 Å². The molecule has 0 bridgehead atoms. The number of nitrogens with one attached hydrogen (secondary N) is 1. The Morgan fingerprint density at radius 2 is 2.60 bits per heavy atom. The zero-order valence-corrected chi connectivity index (χ0v) is 9.67. The van der Waals surface area contributed by atoms with Crippen LogP contribution in [-0.4, -0.2) is 29.8 Å². The molecule has 2 unspecified atom stereocenters. The highest BCUT2D eigenvalue weighted by Crippen LogP contribution is 2.33. The van der Waals surface area contributed by atoms with Crippen LogP contribution in [0.25, 0.3) is 0 Å². The molecule has 0 spiro atoms. The third-order valence-electron chi connectivity index (χ3n) is 3.11. The Morgan fingerprint density at radius 1 is 1.67 bits per heavy atom. The van der Waals surface area contributed by atoms with Crippen LogP contribution in [0.4, 0.5) is 0 Å². The summed E-state index contributed by atoms with van der Waals surface area (Å²) in [4.78, 5) is 4.39. The SMILES string of the molecule is OCCC(c1nccs1)C1CCCNC1. The molecule has 1 aliphatic rings. The van der Waals surface area contributed by atoms with E-state index in [2.05, 4.69) is 10.3 Å². The van der Waals surface area contributed by atoms with E-state index in [0.29, 0.717) is 11.8 Å². The second-order valence-corrected chi connectivity index (χ2v) is 5.02. The number of hydrogen-bond donors (Lipinski definition) is 2. The normalized spacial score (nSPS) is 23.9. The molecule has 1 aromatic heterocycles. The van der Waals surface area contributed by atoms with Crippen molar-refractivity contribution < 1.29 is 5.11 Å². The fourth-order valence-corrected chi connectivity index (χ4v) is 3.21. The number of nitrogens with zero attached hydrogens (tertiary/aromatic N) is 1. The van der Waals surface area contributed by atoms with Gasteiger partial charge in [0.05, 0.1) is 5.01 Å². The van der Waals surface area contributed by atoms with E-state index < -0.39 is 0 Å². The molecule has 0 radical (unpaired) electrons. The Labute approximate surface area is 94.5 Å². The lowest BCUT2D eigenvalue weighted by Crippen LogP contribution is -2.33. The molecule has 84 valence electrons. The monoisotopic (exact) mass is 226 g/mol. The molecule has 2 atom stereocenters. The van der Waals surface area contributed by atoms with Gasteiger partial charge in [-0.25, -0.2) is 4.98 Å². The van der Waals surface area contributed by atoms with Crippen molar-refractivity contribution in [2.24, 2.45) is 5.92 Å². The Hall–Kier alpha value is -0.450. The molecule has 3 nitrogen and oxygen atoms in total. The Bertz CT molecular complexity index is 270. The van der Waals surface area contributed by atoms with Crippen molar-refractivity contribution in [3.63, 3.8) is 0 Å². The Kier molecular flexibility index (Phi) is 4.11. The van der Waals surface area contributed by atoms with Crippen molar-refractivity contribution in [3.05, 3.63) is 16.6 Å². The lowest BCUT2D eigenvalue weighted by molar-refractivity contribution is 0.235. The molecule has 1 saturated heterocycles. The molecule has 1 fully saturated rings. The molecule has 0 aliphatic carbocycles. The van der Waals surface area contributed by atoms with E-state index in [-0.39, 0.29) is 6.61 Å². The van der Waals surface area contributed by atoms with Crippen molar-refractivity contribution in [2.45, 2.75) is 25.2 Å². The van der Waals surface area contributed by atoms with Crippen molar-refractivity contribution >= 4 is 11.3 Å². The second-order valence-electron chi connectivity index (χ2n) is 4.10. The average molecular weight is 226 g/mol. The molecular formula is C11H18N2OS. The van der Waals surface area contributed by atoms with E-state index in [4.69, 9.17) is 5.11 Å². The summed E-state index contributed by atoms with van der Waals surface area (Å²) in [6, 6.07) is 0. The molecule has 0 aromatic carbocycles. The first kappa shape index (κ1) is 11.0. The highest BCUT2D eigenvalue weighted by Gasteiger charge is 2.26. The van der Waals surface area contributed by atoms with Gasteiger partial charge in [0.15, 0.2) is 0 Å². The van der Waals surface area contributed by atoms with E-state index in [9.17, 15) is 0 Å². The van der Waals surface area contributed by atoms with Gasteiger partial charge >= 0.3 is 0 Å². The number of aliphatic hydroxyl groups excluding tert-OH is 1. The van der Waals surface area contributed by atoms with Gasteiger partial charge in [0, 0.05) is 24.1 Å². The minimum Gasteiger partial charge on any atom is -0.396 e. The molecule has 4 heteroatoms. The maximum absolute atomic E-state index is 9.12. The minimum atomic E-state index is 0.265. The first-order valence-corrected chi connectivity index (χ1v) is 6.50. The highest BCUT2D eigenvalue weighted by molar-refractivity contribution is 7.09. The summed E-state index contributed by atoms with van der Waals surface area (Å²) < 4.78 is 0. The zero-order chi connectivity index (χ0) is 10.5. The molecule has 1 aromatic rings. The molecule has 1 aliphatic heterocycles. The second kappa shape index (κ2) is 5.58. The van der Waals surface area contributed by atoms with E-state index in [0.717, 1.165) is 19.5 Å².